The Kier molecular flexibility index (Phi) is 6.06. The lowest BCUT2D eigenvalue weighted by atomic mass is 10.1. The van der Waals surface area contributed by atoms with E-state index in [4.69, 9.17) is 9.15 Å². The summed E-state index contributed by atoms with van der Waals surface area (Å²) in [6.07, 6.45) is 1.71. The standard InChI is InChI=1S/C24H27N3O3S/c28-23(26-10-8-25(9-11-26)18-20-7-4-14-30-20)22-17-21(19-5-2-1-3-6-19)24(31-22)27-12-15-29-16-13-27/h1-7,14,17H,8-13,15-16,18H2. The van der Waals surface area contributed by atoms with Crippen LogP contribution in [0.4, 0.5) is 5.00 Å². The van der Waals surface area contributed by atoms with Gasteiger partial charge >= 0.3 is 0 Å². The third kappa shape index (κ3) is 4.54. The fourth-order valence-corrected chi connectivity index (χ4v) is 5.40. The Bertz CT molecular complexity index is 989. The summed E-state index contributed by atoms with van der Waals surface area (Å²) in [5.41, 5.74) is 2.30. The summed E-state index contributed by atoms with van der Waals surface area (Å²) in [5, 5.41) is 1.18. The van der Waals surface area contributed by atoms with Crippen molar-refractivity contribution in [1.82, 2.24) is 9.80 Å². The molecule has 0 saturated carbocycles. The molecule has 2 aromatic heterocycles. The molecule has 0 unspecified atom stereocenters. The number of benzene rings is 1. The van der Waals surface area contributed by atoms with Crippen LogP contribution in [0, 0.1) is 0 Å². The monoisotopic (exact) mass is 437 g/mol. The predicted molar refractivity (Wildman–Crippen MR) is 123 cm³/mol. The molecule has 162 valence electrons. The van der Waals surface area contributed by atoms with Gasteiger partial charge in [-0.1, -0.05) is 30.3 Å². The lowest BCUT2D eigenvalue weighted by Crippen LogP contribution is -2.48. The van der Waals surface area contributed by atoms with Crippen LogP contribution in [0.25, 0.3) is 11.1 Å². The van der Waals surface area contributed by atoms with E-state index in [2.05, 4.69) is 40.1 Å². The van der Waals surface area contributed by atoms with Crippen molar-refractivity contribution in [3.63, 3.8) is 0 Å². The number of carbonyl (C=O) groups is 1. The molecule has 1 amide bonds. The predicted octanol–water partition coefficient (Wildman–Crippen LogP) is 3.80. The molecule has 2 fully saturated rings. The third-order valence-corrected chi connectivity index (χ3v) is 7.11. The van der Waals surface area contributed by atoms with Crippen molar-refractivity contribution >= 4 is 22.2 Å². The van der Waals surface area contributed by atoms with Crippen molar-refractivity contribution in [3.8, 4) is 11.1 Å². The maximum Gasteiger partial charge on any atom is 0.264 e. The second-order valence-electron chi connectivity index (χ2n) is 7.94. The van der Waals surface area contributed by atoms with Crippen LogP contribution in [-0.4, -0.2) is 68.2 Å². The number of hydrogen-bond donors (Lipinski definition) is 0. The van der Waals surface area contributed by atoms with Gasteiger partial charge in [-0.25, -0.2) is 0 Å². The van der Waals surface area contributed by atoms with Crippen molar-refractivity contribution in [2.75, 3.05) is 57.4 Å². The molecule has 3 aromatic rings. The first-order valence-corrected chi connectivity index (χ1v) is 11.7. The Balaban J connectivity index is 1.32. The van der Waals surface area contributed by atoms with Crippen molar-refractivity contribution < 1.29 is 13.9 Å². The number of anilines is 1. The van der Waals surface area contributed by atoms with Crippen LogP contribution in [0.3, 0.4) is 0 Å². The van der Waals surface area contributed by atoms with Gasteiger partial charge in [0.15, 0.2) is 0 Å². The molecule has 4 heterocycles. The number of amides is 1. The zero-order chi connectivity index (χ0) is 21.0. The summed E-state index contributed by atoms with van der Waals surface area (Å²) in [4.78, 5) is 20.9. The van der Waals surface area contributed by atoms with Crippen LogP contribution in [0.15, 0.2) is 59.2 Å². The van der Waals surface area contributed by atoms with Gasteiger partial charge in [0.05, 0.1) is 35.9 Å². The minimum atomic E-state index is 0.138. The van der Waals surface area contributed by atoms with Crippen LogP contribution >= 0.6 is 11.3 Å². The first-order chi connectivity index (χ1) is 15.3. The molecule has 0 spiro atoms. The summed E-state index contributed by atoms with van der Waals surface area (Å²) >= 11 is 1.62. The van der Waals surface area contributed by atoms with E-state index in [0.29, 0.717) is 0 Å². The Hall–Kier alpha value is -2.61. The fourth-order valence-electron chi connectivity index (χ4n) is 4.20. The highest BCUT2D eigenvalue weighted by Crippen LogP contribution is 2.40. The highest BCUT2D eigenvalue weighted by Gasteiger charge is 2.27. The van der Waals surface area contributed by atoms with Crippen LogP contribution < -0.4 is 4.90 Å². The first kappa shape index (κ1) is 20.3. The maximum atomic E-state index is 13.4. The zero-order valence-electron chi connectivity index (χ0n) is 17.5. The highest BCUT2D eigenvalue weighted by molar-refractivity contribution is 7.18. The van der Waals surface area contributed by atoms with Gasteiger partial charge in [-0.2, -0.15) is 0 Å². The molecular formula is C24H27N3O3S. The summed E-state index contributed by atoms with van der Waals surface area (Å²) in [6.45, 7) is 7.18. The van der Waals surface area contributed by atoms with E-state index in [0.717, 1.165) is 80.8 Å². The van der Waals surface area contributed by atoms with Gasteiger partial charge in [-0.3, -0.25) is 9.69 Å². The molecule has 0 N–H and O–H groups in total. The van der Waals surface area contributed by atoms with Gasteiger partial charge in [0.25, 0.3) is 5.91 Å². The first-order valence-electron chi connectivity index (χ1n) is 10.8. The molecule has 6 nitrogen and oxygen atoms in total. The topological polar surface area (TPSA) is 49.2 Å². The van der Waals surface area contributed by atoms with Crippen LogP contribution in [0.1, 0.15) is 15.4 Å². The molecule has 7 heteroatoms. The summed E-state index contributed by atoms with van der Waals surface area (Å²) in [7, 11) is 0. The lowest BCUT2D eigenvalue weighted by molar-refractivity contribution is 0.0625. The van der Waals surface area contributed by atoms with E-state index in [9.17, 15) is 4.79 Å². The van der Waals surface area contributed by atoms with Crippen molar-refractivity contribution in [1.29, 1.82) is 0 Å². The summed E-state index contributed by atoms with van der Waals surface area (Å²) in [6, 6.07) is 16.4. The zero-order valence-corrected chi connectivity index (χ0v) is 18.4. The third-order valence-electron chi connectivity index (χ3n) is 5.93. The minimum Gasteiger partial charge on any atom is -0.468 e. The molecule has 0 aliphatic carbocycles. The van der Waals surface area contributed by atoms with E-state index in [1.165, 1.54) is 5.00 Å². The van der Waals surface area contributed by atoms with Crippen molar-refractivity contribution in [2.45, 2.75) is 6.54 Å². The van der Waals surface area contributed by atoms with Gasteiger partial charge < -0.3 is 19.0 Å². The van der Waals surface area contributed by atoms with Crippen LogP contribution in [-0.2, 0) is 11.3 Å². The van der Waals surface area contributed by atoms with Gasteiger partial charge in [-0.05, 0) is 23.8 Å². The van der Waals surface area contributed by atoms with E-state index >= 15 is 0 Å². The van der Waals surface area contributed by atoms with E-state index in [1.54, 1.807) is 17.6 Å². The Morgan fingerprint density at radius 1 is 0.935 bits per heavy atom. The number of piperazine rings is 1. The Morgan fingerprint density at radius 2 is 1.71 bits per heavy atom. The van der Waals surface area contributed by atoms with E-state index < -0.39 is 0 Å². The van der Waals surface area contributed by atoms with E-state index in [-0.39, 0.29) is 5.91 Å². The molecule has 0 radical (unpaired) electrons. The number of thiophene rings is 1. The smallest absolute Gasteiger partial charge is 0.264 e. The average molecular weight is 438 g/mol. The molecular weight excluding hydrogens is 410 g/mol. The molecule has 0 bridgehead atoms. The quantitative estimate of drug-likeness (QED) is 0.608. The number of morpholine rings is 1. The summed E-state index contributed by atoms with van der Waals surface area (Å²) in [5.74, 6) is 1.11. The van der Waals surface area contributed by atoms with Gasteiger partial charge in [0.1, 0.15) is 5.76 Å². The number of nitrogens with zero attached hydrogens (tertiary/aromatic N) is 3. The SMILES string of the molecule is O=C(c1cc(-c2ccccc2)c(N2CCOCC2)s1)N1CCN(Cc2ccco2)CC1. The van der Waals surface area contributed by atoms with Gasteiger partial charge in [0, 0.05) is 44.8 Å². The Morgan fingerprint density at radius 3 is 2.42 bits per heavy atom. The average Bonchev–Trinajstić information content (AvgIpc) is 3.51. The number of rotatable bonds is 5. The maximum absolute atomic E-state index is 13.4. The molecule has 0 atom stereocenters. The summed E-state index contributed by atoms with van der Waals surface area (Å²) < 4.78 is 11.0. The van der Waals surface area contributed by atoms with Crippen molar-refractivity contribution in [3.05, 3.63) is 65.4 Å². The van der Waals surface area contributed by atoms with Crippen LogP contribution in [0.5, 0.6) is 0 Å². The second-order valence-corrected chi connectivity index (χ2v) is 8.97. The van der Waals surface area contributed by atoms with Crippen molar-refractivity contribution in [2.24, 2.45) is 0 Å². The lowest BCUT2D eigenvalue weighted by Gasteiger charge is -2.34. The van der Waals surface area contributed by atoms with E-state index in [1.807, 2.05) is 23.1 Å². The molecule has 31 heavy (non-hydrogen) atoms. The number of ether oxygens (including phenoxy) is 1. The highest BCUT2D eigenvalue weighted by atomic mass is 32.1. The molecule has 5 rings (SSSR count). The van der Waals surface area contributed by atoms with Gasteiger partial charge in [-0.15, -0.1) is 11.3 Å². The molecule has 1 aromatic carbocycles. The molecule has 2 aliphatic rings. The van der Waals surface area contributed by atoms with Gasteiger partial charge in [0.2, 0.25) is 0 Å². The molecule has 2 aliphatic heterocycles. The molecule has 2 saturated heterocycles. The normalized spacial score (nSPS) is 17.8. The number of carbonyl (C=O) groups excluding carboxylic acids is 1. The minimum absolute atomic E-state index is 0.138. The number of furan rings is 1. The van der Waals surface area contributed by atoms with Crippen LogP contribution in [0.2, 0.25) is 0 Å². The fraction of sp³-hybridized carbons (Fsp3) is 0.375. The number of hydrogen-bond acceptors (Lipinski definition) is 6. The second kappa shape index (κ2) is 9.26. The Labute approximate surface area is 186 Å². The largest absolute Gasteiger partial charge is 0.468 e.